The average Bonchev–Trinajstić information content (AvgIpc) is 2.90. The highest BCUT2D eigenvalue weighted by Gasteiger charge is 2.42. The molecule has 0 saturated heterocycles. The molecule has 15 heavy (non-hydrogen) atoms. The maximum atomic E-state index is 12.8. The second-order valence-electron chi connectivity index (χ2n) is 4.70. The normalized spacial score (nSPS) is 20.0. The fourth-order valence-corrected chi connectivity index (χ4v) is 1.98. The lowest BCUT2D eigenvalue weighted by atomic mass is 9.93. The molecule has 0 heterocycles. The highest BCUT2D eigenvalue weighted by Crippen LogP contribution is 2.48. The maximum absolute atomic E-state index is 12.8. The SMILES string of the molecule is CC1(C(N)Cc2ccc(F)cc2Cl)CC1. The van der Waals surface area contributed by atoms with Crippen LogP contribution in [0.15, 0.2) is 18.2 Å². The van der Waals surface area contributed by atoms with Crippen molar-refractivity contribution in [2.75, 3.05) is 0 Å². The molecule has 1 unspecified atom stereocenters. The summed E-state index contributed by atoms with van der Waals surface area (Å²) in [6, 6.07) is 4.63. The predicted octanol–water partition coefficient (Wildman–Crippen LogP) is 3.15. The Morgan fingerprint density at radius 3 is 2.73 bits per heavy atom. The van der Waals surface area contributed by atoms with Crippen molar-refractivity contribution in [3.63, 3.8) is 0 Å². The minimum absolute atomic E-state index is 0.125. The van der Waals surface area contributed by atoms with Gasteiger partial charge in [0, 0.05) is 11.1 Å². The third-order valence-corrected chi connectivity index (χ3v) is 3.74. The fraction of sp³-hybridized carbons (Fsp3) is 0.500. The summed E-state index contributed by atoms with van der Waals surface area (Å²) >= 11 is 5.95. The van der Waals surface area contributed by atoms with Crippen molar-refractivity contribution < 1.29 is 4.39 Å². The van der Waals surface area contributed by atoms with Gasteiger partial charge in [-0.05, 0) is 42.4 Å². The van der Waals surface area contributed by atoms with E-state index in [9.17, 15) is 4.39 Å². The Morgan fingerprint density at radius 2 is 2.20 bits per heavy atom. The maximum Gasteiger partial charge on any atom is 0.124 e. The molecule has 1 aliphatic carbocycles. The number of benzene rings is 1. The van der Waals surface area contributed by atoms with E-state index < -0.39 is 0 Å². The van der Waals surface area contributed by atoms with Crippen LogP contribution in [0.3, 0.4) is 0 Å². The summed E-state index contributed by atoms with van der Waals surface area (Å²) in [5.41, 5.74) is 7.32. The van der Waals surface area contributed by atoms with Gasteiger partial charge < -0.3 is 5.73 Å². The van der Waals surface area contributed by atoms with Gasteiger partial charge in [-0.15, -0.1) is 0 Å². The smallest absolute Gasteiger partial charge is 0.124 e. The summed E-state index contributed by atoms with van der Waals surface area (Å²) in [5, 5.41) is 0.481. The van der Waals surface area contributed by atoms with Crippen LogP contribution in [0.1, 0.15) is 25.3 Å². The van der Waals surface area contributed by atoms with E-state index in [0.717, 1.165) is 12.0 Å². The van der Waals surface area contributed by atoms with Crippen molar-refractivity contribution >= 4 is 11.6 Å². The molecule has 2 N–H and O–H groups in total. The minimum Gasteiger partial charge on any atom is -0.327 e. The number of nitrogens with two attached hydrogens (primary N) is 1. The van der Waals surface area contributed by atoms with Gasteiger partial charge in [0.15, 0.2) is 0 Å². The van der Waals surface area contributed by atoms with Gasteiger partial charge >= 0.3 is 0 Å². The van der Waals surface area contributed by atoms with E-state index in [1.807, 2.05) is 0 Å². The van der Waals surface area contributed by atoms with E-state index in [-0.39, 0.29) is 17.3 Å². The van der Waals surface area contributed by atoms with Crippen LogP contribution in [0.25, 0.3) is 0 Å². The van der Waals surface area contributed by atoms with E-state index in [2.05, 4.69) is 6.92 Å². The third kappa shape index (κ3) is 2.32. The summed E-state index contributed by atoms with van der Waals surface area (Å²) in [6.07, 6.45) is 3.11. The zero-order valence-corrected chi connectivity index (χ0v) is 9.52. The Kier molecular flexibility index (Phi) is 2.73. The van der Waals surface area contributed by atoms with Gasteiger partial charge in [-0.3, -0.25) is 0 Å². The summed E-state index contributed by atoms with van der Waals surface area (Å²) < 4.78 is 12.8. The van der Waals surface area contributed by atoms with Crippen LogP contribution in [0.5, 0.6) is 0 Å². The van der Waals surface area contributed by atoms with Crippen LogP contribution in [-0.4, -0.2) is 6.04 Å². The van der Waals surface area contributed by atoms with Crippen LogP contribution in [0.4, 0.5) is 4.39 Å². The lowest BCUT2D eigenvalue weighted by Gasteiger charge is -2.19. The second kappa shape index (κ2) is 3.76. The van der Waals surface area contributed by atoms with Crippen LogP contribution < -0.4 is 5.73 Å². The molecular weight excluding hydrogens is 213 g/mol. The summed E-state index contributed by atoms with van der Waals surface area (Å²) in [5.74, 6) is -0.296. The Balaban J connectivity index is 2.10. The van der Waals surface area contributed by atoms with Crippen LogP contribution in [0, 0.1) is 11.2 Å². The van der Waals surface area contributed by atoms with E-state index in [4.69, 9.17) is 17.3 Å². The number of halogens is 2. The molecule has 1 atom stereocenters. The molecular formula is C12H15ClFN. The second-order valence-corrected chi connectivity index (χ2v) is 5.11. The minimum atomic E-state index is -0.296. The Morgan fingerprint density at radius 1 is 1.53 bits per heavy atom. The molecule has 1 saturated carbocycles. The molecule has 82 valence electrons. The lowest BCUT2D eigenvalue weighted by molar-refractivity contribution is 0.433. The van der Waals surface area contributed by atoms with Crippen molar-refractivity contribution in [1.82, 2.24) is 0 Å². The van der Waals surface area contributed by atoms with Gasteiger partial charge in [0.2, 0.25) is 0 Å². The summed E-state index contributed by atoms with van der Waals surface area (Å²) in [4.78, 5) is 0. The molecule has 1 aliphatic rings. The first kappa shape index (κ1) is 10.9. The number of rotatable bonds is 3. The monoisotopic (exact) mass is 227 g/mol. The number of hydrogen-bond acceptors (Lipinski definition) is 1. The molecule has 0 aliphatic heterocycles. The fourth-order valence-electron chi connectivity index (χ4n) is 1.74. The van der Waals surface area contributed by atoms with Gasteiger partial charge in [0.1, 0.15) is 5.82 Å². The van der Waals surface area contributed by atoms with Crippen LogP contribution in [-0.2, 0) is 6.42 Å². The van der Waals surface area contributed by atoms with E-state index in [1.165, 1.54) is 25.0 Å². The zero-order valence-electron chi connectivity index (χ0n) is 8.76. The van der Waals surface area contributed by atoms with E-state index in [0.29, 0.717) is 5.02 Å². The van der Waals surface area contributed by atoms with Gasteiger partial charge in [-0.2, -0.15) is 0 Å². The zero-order chi connectivity index (χ0) is 11.1. The van der Waals surface area contributed by atoms with Gasteiger partial charge in [-0.25, -0.2) is 4.39 Å². The van der Waals surface area contributed by atoms with E-state index >= 15 is 0 Å². The highest BCUT2D eigenvalue weighted by atomic mass is 35.5. The molecule has 0 amide bonds. The Labute approximate surface area is 94.4 Å². The van der Waals surface area contributed by atoms with Crippen molar-refractivity contribution in [2.24, 2.45) is 11.1 Å². The lowest BCUT2D eigenvalue weighted by Crippen LogP contribution is -2.31. The molecule has 1 fully saturated rings. The quantitative estimate of drug-likeness (QED) is 0.844. The first-order valence-corrected chi connectivity index (χ1v) is 5.58. The first-order valence-electron chi connectivity index (χ1n) is 5.21. The number of hydrogen-bond donors (Lipinski definition) is 1. The molecule has 3 heteroatoms. The standard InChI is InChI=1S/C12H15ClFN/c1-12(4-5-12)11(15)6-8-2-3-9(14)7-10(8)13/h2-3,7,11H,4-6,15H2,1H3. The summed E-state index contributed by atoms with van der Waals surface area (Å²) in [7, 11) is 0. The van der Waals surface area contributed by atoms with Crippen molar-refractivity contribution in [3.8, 4) is 0 Å². The van der Waals surface area contributed by atoms with Crippen molar-refractivity contribution in [1.29, 1.82) is 0 Å². The molecule has 1 aromatic rings. The molecule has 1 aromatic carbocycles. The van der Waals surface area contributed by atoms with Gasteiger partial charge in [0.05, 0.1) is 0 Å². The molecule has 0 radical (unpaired) electrons. The van der Waals surface area contributed by atoms with Gasteiger partial charge in [-0.1, -0.05) is 24.6 Å². The predicted molar refractivity (Wildman–Crippen MR) is 60.4 cm³/mol. The Hall–Kier alpha value is -0.600. The van der Waals surface area contributed by atoms with Gasteiger partial charge in [0.25, 0.3) is 0 Å². The molecule has 2 rings (SSSR count). The molecule has 1 nitrogen and oxygen atoms in total. The largest absolute Gasteiger partial charge is 0.327 e. The third-order valence-electron chi connectivity index (χ3n) is 3.39. The molecule has 0 spiro atoms. The van der Waals surface area contributed by atoms with Crippen molar-refractivity contribution in [3.05, 3.63) is 34.6 Å². The first-order chi connectivity index (χ1) is 7.01. The average molecular weight is 228 g/mol. The topological polar surface area (TPSA) is 26.0 Å². The molecule has 0 bridgehead atoms. The van der Waals surface area contributed by atoms with Crippen molar-refractivity contribution in [2.45, 2.75) is 32.2 Å². The summed E-state index contributed by atoms with van der Waals surface area (Å²) in [6.45, 7) is 2.19. The van der Waals surface area contributed by atoms with Crippen LogP contribution >= 0.6 is 11.6 Å². The Bertz CT molecular complexity index is 374. The molecule has 0 aromatic heterocycles. The van der Waals surface area contributed by atoms with E-state index in [1.54, 1.807) is 6.07 Å². The van der Waals surface area contributed by atoms with Crippen LogP contribution in [0.2, 0.25) is 5.02 Å². The highest BCUT2D eigenvalue weighted by molar-refractivity contribution is 6.31.